The van der Waals surface area contributed by atoms with E-state index in [0.29, 0.717) is 18.9 Å². The molecule has 0 radical (unpaired) electrons. The molecule has 1 saturated heterocycles. The molecule has 1 aromatic rings. The van der Waals surface area contributed by atoms with Gasteiger partial charge in [0.25, 0.3) is 0 Å². The van der Waals surface area contributed by atoms with E-state index in [1.807, 2.05) is 11.8 Å². The third kappa shape index (κ3) is 3.49. The Bertz CT molecular complexity index is 406. The summed E-state index contributed by atoms with van der Waals surface area (Å²) in [7, 11) is 0. The van der Waals surface area contributed by atoms with Gasteiger partial charge in [-0.25, -0.2) is 0 Å². The number of nitrogens with zero attached hydrogens (tertiary/aromatic N) is 2. The maximum Gasteiger partial charge on any atom is 0.243 e. The SMILES string of the molecule is OC1CNC(c2nc(CSC3CCCCC3)no2)C1. The quantitative estimate of drug-likeness (QED) is 0.881. The first-order chi connectivity index (χ1) is 9.31. The molecule has 2 fully saturated rings. The zero-order chi connectivity index (χ0) is 13.1. The van der Waals surface area contributed by atoms with Crippen LogP contribution in [0.15, 0.2) is 4.52 Å². The number of aliphatic hydroxyl groups is 1. The maximum atomic E-state index is 9.48. The molecule has 0 amide bonds. The fraction of sp³-hybridized carbons (Fsp3) is 0.846. The van der Waals surface area contributed by atoms with Crippen LogP contribution in [0.5, 0.6) is 0 Å². The molecule has 0 spiro atoms. The molecule has 0 bridgehead atoms. The molecule has 106 valence electrons. The lowest BCUT2D eigenvalue weighted by molar-refractivity contribution is 0.191. The molecule has 6 heteroatoms. The Balaban J connectivity index is 1.50. The van der Waals surface area contributed by atoms with Crippen LogP contribution in [-0.4, -0.2) is 33.1 Å². The monoisotopic (exact) mass is 283 g/mol. The third-order valence-corrected chi connectivity index (χ3v) is 5.26. The summed E-state index contributed by atoms with van der Waals surface area (Å²) in [6, 6.07) is 0.0240. The molecular weight excluding hydrogens is 262 g/mol. The van der Waals surface area contributed by atoms with Gasteiger partial charge in [-0.05, 0) is 19.3 Å². The number of aromatic nitrogens is 2. The fourth-order valence-electron chi connectivity index (χ4n) is 2.80. The molecule has 5 nitrogen and oxygen atoms in total. The van der Waals surface area contributed by atoms with Crippen LogP contribution in [0.2, 0.25) is 0 Å². The minimum atomic E-state index is -0.294. The Morgan fingerprint density at radius 2 is 2.16 bits per heavy atom. The molecule has 1 saturated carbocycles. The molecule has 2 unspecified atom stereocenters. The highest BCUT2D eigenvalue weighted by Gasteiger charge is 2.28. The lowest BCUT2D eigenvalue weighted by atomic mass is 10.0. The van der Waals surface area contributed by atoms with E-state index < -0.39 is 0 Å². The highest BCUT2D eigenvalue weighted by Crippen LogP contribution is 2.30. The average Bonchev–Trinajstić information content (AvgIpc) is 3.06. The first kappa shape index (κ1) is 13.4. The van der Waals surface area contributed by atoms with E-state index in [9.17, 15) is 5.11 Å². The highest BCUT2D eigenvalue weighted by atomic mass is 32.2. The zero-order valence-electron chi connectivity index (χ0n) is 11.0. The van der Waals surface area contributed by atoms with Gasteiger partial charge in [-0.1, -0.05) is 24.4 Å². The zero-order valence-corrected chi connectivity index (χ0v) is 11.9. The van der Waals surface area contributed by atoms with E-state index >= 15 is 0 Å². The molecule has 2 N–H and O–H groups in total. The summed E-state index contributed by atoms with van der Waals surface area (Å²) in [6.45, 7) is 0.610. The molecule has 2 heterocycles. The Morgan fingerprint density at radius 1 is 1.32 bits per heavy atom. The summed E-state index contributed by atoms with van der Waals surface area (Å²) in [5, 5.41) is 17.5. The Morgan fingerprint density at radius 3 is 2.89 bits per heavy atom. The number of aliphatic hydroxyl groups excluding tert-OH is 1. The van der Waals surface area contributed by atoms with Crippen LogP contribution >= 0.6 is 11.8 Å². The van der Waals surface area contributed by atoms with E-state index in [2.05, 4.69) is 15.5 Å². The Hall–Kier alpha value is -0.590. The van der Waals surface area contributed by atoms with Crippen molar-refractivity contribution in [1.82, 2.24) is 15.5 Å². The smallest absolute Gasteiger partial charge is 0.243 e. The summed E-state index contributed by atoms with van der Waals surface area (Å²) in [5.41, 5.74) is 0. The summed E-state index contributed by atoms with van der Waals surface area (Å²) >= 11 is 1.95. The number of hydrogen-bond acceptors (Lipinski definition) is 6. The van der Waals surface area contributed by atoms with Gasteiger partial charge in [-0.2, -0.15) is 16.7 Å². The normalized spacial score (nSPS) is 28.9. The maximum absolute atomic E-state index is 9.48. The minimum Gasteiger partial charge on any atom is -0.392 e. The van der Waals surface area contributed by atoms with Gasteiger partial charge in [0, 0.05) is 11.8 Å². The van der Waals surface area contributed by atoms with Crippen molar-refractivity contribution in [1.29, 1.82) is 0 Å². The van der Waals surface area contributed by atoms with Crippen LogP contribution < -0.4 is 5.32 Å². The standard InChI is InChI=1S/C13H21N3O2S/c17-9-6-11(14-7-9)13-15-12(16-18-13)8-19-10-4-2-1-3-5-10/h9-11,14,17H,1-8H2. The van der Waals surface area contributed by atoms with Crippen molar-refractivity contribution in [3.8, 4) is 0 Å². The predicted molar refractivity (Wildman–Crippen MR) is 73.8 cm³/mol. The van der Waals surface area contributed by atoms with E-state index in [0.717, 1.165) is 16.8 Å². The van der Waals surface area contributed by atoms with Gasteiger partial charge in [-0.3, -0.25) is 0 Å². The molecule has 1 aliphatic carbocycles. The third-order valence-electron chi connectivity index (χ3n) is 3.89. The molecule has 0 aromatic carbocycles. The molecule has 3 rings (SSSR count). The largest absolute Gasteiger partial charge is 0.392 e. The second-order valence-electron chi connectivity index (χ2n) is 5.47. The van der Waals surface area contributed by atoms with Crippen LogP contribution in [0, 0.1) is 0 Å². The van der Waals surface area contributed by atoms with Crippen LogP contribution in [0.1, 0.15) is 56.3 Å². The Labute approximate surface area is 117 Å². The van der Waals surface area contributed by atoms with Gasteiger partial charge in [-0.15, -0.1) is 0 Å². The number of thioether (sulfide) groups is 1. The van der Waals surface area contributed by atoms with Crippen LogP contribution in [0.3, 0.4) is 0 Å². The molecular formula is C13H21N3O2S. The van der Waals surface area contributed by atoms with Crippen LogP contribution in [0.4, 0.5) is 0 Å². The minimum absolute atomic E-state index is 0.0240. The predicted octanol–water partition coefficient (Wildman–Crippen LogP) is 2.03. The first-order valence-corrected chi connectivity index (χ1v) is 8.21. The molecule has 19 heavy (non-hydrogen) atoms. The summed E-state index contributed by atoms with van der Waals surface area (Å²) in [4.78, 5) is 4.44. The van der Waals surface area contributed by atoms with Gasteiger partial charge < -0.3 is 14.9 Å². The summed E-state index contributed by atoms with van der Waals surface area (Å²) < 4.78 is 5.29. The molecule has 2 aliphatic rings. The van der Waals surface area contributed by atoms with Gasteiger partial charge in [0.15, 0.2) is 5.82 Å². The van der Waals surface area contributed by atoms with E-state index in [1.54, 1.807) is 0 Å². The van der Waals surface area contributed by atoms with Gasteiger partial charge in [0.05, 0.1) is 17.9 Å². The second-order valence-corrected chi connectivity index (χ2v) is 6.76. The van der Waals surface area contributed by atoms with Crippen LogP contribution in [0.25, 0.3) is 0 Å². The topological polar surface area (TPSA) is 71.2 Å². The summed E-state index contributed by atoms with van der Waals surface area (Å²) in [5.74, 6) is 2.24. The van der Waals surface area contributed by atoms with Crippen molar-refractivity contribution < 1.29 is 9.63 Å². The van der Waals surface area contributed by atoms with Crippen molar-refractivity contribution >= 4 is 11.8 Å². The number of rotatable bonds is 4. The van der Waals surface area contributed by atoms with Gasteiger partial charge in [0.1, 0.15) is 0 Å². The van der Waals surface area contributed by atoms with E-state index in [-0.39, 0.29) is 12.1 Å². The molecule has 2 atom stereocenters. The average molecular weight is 283 g/mol. The van der Waals surface area contributed by atoms with Crippen molar-refractivity contribution in [2.45, 2.75) is 61.7 Å². The van der Waals surface area contributed by atoms with Gasteiger partial charge in [0.2, 0.25) is 5.89 Å². The molecule has 1 aliphatic heterocycles. The highest BCUT2D eigenvalue weighted by molar-refractivity contribution is 7.99. The number of hydrogen-bond donors (Lipinski definition) is 2. The second kappa shape index (κ2) is 6.24. The van der Waals surface area contributed by atoms with Gasteiger partial charge >= 0.3 is 0 Å². The van der Waals surface area contributed by atoms with Crippen molar-refractivity contribution in [3.63, 3.8) is 0 Å². The van der Waals surface area contributed by atoms with Crippen molar-refractivity contribution in [2.75, 3.05) is 6.54 Å². The van der Waals surface area contributed by atoms with E-state index in [4.69, 9.17) is 4.52 Å². The Kier molecular flexibility index (Phi) is 4.40. The summed E-state index contributed by atoms with van der Waals surface area (Å²) in [6.07, 6.45) is 7.13. The fourth-order valence-corrected chi connectivity index (χ4v) is 3.97. The lowest BCUT2D eigenvalue weighted by Gasteiger charge is -2.19. The van der Waals surface area contributed by atoms with E-state index in [1.165, 1.54) is 32.1 Å². The first-order valence-electron chi connectivity index (χ1n) is 7.17. The molecule has 1 aromatic heterocycles. The number of nitrogens with one attached hydrogen (secondary N) is 1. The van der Waals surface area contributed by atoms with Crippen LogP contribution in [-0.2, 0) is 5.75 Å². The number of β-amino-alcohol motifs (C(OH)–C–C–N with tert-alkyl or cyclic N) is 1. The van der Waals surface area contributed by atoms with Crippen molar-refractivity contribution in [2.24, 2.45) is 0 Å². The lowest BCUT2D eigenvalue weighted by Crippen LogP contribution is -2.15. The van der Waals surface area contributed by atoms with Crippen molar-refractivity contribution in [3.05, 3.63) is 11.7 Å².